The number of rotatable bonds is 5. The van der Waals surface area contributed by atoms with Gasteiger partial charge in [0.05, 0.1) is 7.11 Å². The second kappa shape index (κ2) is 7.78. The van der Waals surface area contributed by atoms with Gasteiger partial charge in [0, 0.05) is 23.0 Å². The van der Waals surface area contributed by atoms with Crippen LogP contribution in [0.4, 0.5) is 0 Å². The van der Waals surface area contributed by atoms with Gasteiger partial charge in [0.15, 0.2) is 0 Å². The number of aromatic nitrogens is 1. The predicted octanol–water partition coefficient (Wildman–Crippen LogP) is 5.15. The minimum absolute atomic E-state index is 0.139. The smallest absolute Gasteiger partial charge is 0.273 e. The summed E-state index contributed by atoms with van der Waals surface area (Å²) in [5.74, 6) is 0.968. The van der Waals surface area contributed by atoms with E-state index < -0.39 is 0 Å². The van der Waals surface area contributed by atoms with Crippen LogP contribution in [0.15, 0.2) is 29.6 Å². The minimum Gasteiger partial charge on any atom is -0.497 e. The van der Waals surface area contributed by atoms with Crippen LogP contribution < -0.4 is 4.74 Å². The van der Waals surface area contributed by atoms with Gasteiger partial charge in [0.25, 0.3) is 5.91 Å². The normalized spacial score (nSPS) is 18.3. The average molecular weight is 371 g/mol. The molecule has 0 aliphatic heterocycles. The lowest BCUT2D eigenvalue weighted by molar-refractivity contribution is 0.0575. The van der Waals surface area contributed by atoms with Crippen LogP contribution in [-0.2, 0) is 0 Å². The Morgan fingerprint density at radius 1 is 1.04 bits per heavy atom. The first-order valence-electron chi connectivity index (χ1n) is 9.69. The van der Waals surface area contributed by atoms with Crippen LogP contribution in [0.1, 0.15) is 61.9 Å². The molecule has 0 saturated heterocycles. The SMILES string of the molecule is COc1ccc(-c2nc(C(=O)N(C3CCCC3)C3CCCC3)cs2)cc1. The number of hydrogen-bond acceptors (Lipinski definition) is 4. The molecule has 138 valence electrons. The lowest BCUT2D eigenvalue weighted by Crippen LogP contribution is -2.45. The first kappa shape index (κ1) is 17.5. The van der Waals surface area contributed by atoms with Crippen molar-refractivity contribution >= 4 is 17.2 Å². The number of nitrogens with zero attached hydrogens (tertiary/aromatic N) is 2. The van der Waals surface area contributed by atoms with E-state index >= 15 is 0 Å². The molecule has 0 spiro atoms. The summed E-state index contributed by atoms with van der Waals surface area (Å²) in [6.45, 7) is 0. The van der Waals surface area contributed by atoms with E-state index in [9.17, 15) is 4.79 Å². The highest BCUT2D eigenvalue weighted by molar-refractivity contribution is 7.13. The molecular weight excluding hydrogens is 344 g/mol. The van der Waals surface area contributed by atoms with Gasteiger partial charge in [-0.15, -0.1) is 11.3 Å². The standard InChI is InChI=1S/C21H26N2O2S/c1-25-18-12-10-15(11-13-18)20-22-19(14-26-20)21(24)23(16-6-2-3-7-16)17-8-4-5-9-17/h10-14,16-17H,2-9H2,1H3. The van der Waals surface area contributed by atoms with Crippen LogP contribution in [0.2, 0.25) is 0 Å². The van der Waals surface area contributed by atoms with Crippen molar-refractivity contribution in [2.45, 2.75) is 63.5 Å². The highest BCUT2D eigenvalue weighted by Crippen LogP contribution is 2.34. The van der Waals surface area contributed by atoms with Crippen molar-refractivity contribution < 1.29 is 9.53 Å². The van der Waals surface area contributed by atoms with Crippen LogP contribution in [0.3, 0.4) is 0 Å². The summed E-state index contributed by atoms with van der Waals surface area (Å²) < 4.78 is 5.22. The van der Waals surface area contributed by atoms with E-state index in [2.05, 4.69) is 9.88 Å². The minimum atomic E-state index is 0.139. The molecule has 2 aromatic rings. The summed E-state index contributed by atoms with van der Waals surface area (Å²) in [5.41, 5.74) is 1.64. The van der Waals surface area contributed by atoms with Crippen molar-refractivity contribution in [2.75, 3.05) is 7.11 Å². The quantitative estimate of drug-likeness (QED) is 0.731. The first-order valence-corrected chi connectivity index (χ1v) is 10.6. The van der Waals surface area contributed by atoms with Crippen molar-refractivity contribution in [3.05, 3.63) is 35.3 Å². The molecule has 4 nitrogen and oxygen atoms in total. The van der Waals surface area contributed by atoms with Gasteiger partial charge in [0.2, 0.25) is 0 Å². The largest absolute Gasteiger partial charge is 0.497 e. The molecule has 2 aliphatic carbocycles. The molecule has 5 heteroatoms. The lowest BCUT2D eigenvalue weighted by Gasteiger charge is -2.34. The maximum atomic E-state index is 13.3. The van der Waals surface area contributed by atoms with Gasteiger partial charge >= 0.3 is 0 Å². The van der Waals surface area contributed by atoms with Crippen LogP contribution >= 0.6 is 11.3 Å². The maximum Gasteiger partial charge on any atom is 0.273 e. The second-order valence-electron chi connectivity index (χ2n) is 7.36. The van der Waals surface area contributed by atoms with Crippen molar-refractivity contribution in [3.8, 4) is 16.3 Å². The summed E-state index contributed by atoms with van der Waals surface area (Å²) in [6.07, 6.45) is 9.58. The molecule has 1 aromatic heterocycles. The molecule has 1 amide bonds. The van der Waals surface area contributed by atoms with E-state index in [1.54, 1.807) is 18.4 Å². The summed E-state index contributed by atoms with van der Waals surface area (Å²) >= 11 is 1.55. The topological polar surface area (TPSA) is 42.4 Å². The summed E-state index contributed by atoms with van der Waals surface area (Å²) in [6, 6.07) is 8.69. The van der Waals surface area contributed by atoms with Crippen molar-refractivity contribution in [1.29, 1.82) is 0 Å². The molecule has 0 atom stereocenters. The molecule has 1 heterocycles. The van der Waals surface area contributed by atoms with Gasteiger partial charge in [-0.3, -0.25) is 4.79 Å². The van der Waals surface area contributed by atoms with Crippen LogP contribution in [0.25, 0.3) is 10.6 Å². The fourth-order valence-corrected chi connectivity index (χ4v) is 5.17. The fourth-order valence-electron chi connectivity index (χ4n) is 4.37. The van der Waals surface area contributed by atoms with Gasteiger partial charge in [-0.2, -0.15) is 0 Å². The van der Waals surface area contributed by atoms with Crippen molar-refractivity contribution in [3.63, 3.8) is 0 Å². The molecule has 0 unspecified atom stereocenters. The highest BCUT2D eigenvalue weighted by Gasteiger charge is 2.35. The monoisotopic (exact) mass is 370 g/mol. The predicted molar refractivity (Wildman–Crippen MR) is 105 cm³/mol. The number of methoxy groups -OCH3 is 1. The van der Waals surface area contributed by atoms with Crippen molar-refractivity contribution in [1.82, 2.24) is 9.88 Å². The summed E-state index contributed by atoms with van der Waals surface area (Å²) in [5, 5.41) is 2.83. The molecule has 2 saturated carbocycles. The van der Waals surface area contributed by atoms with Crippen molar-refractivity contribution in [2.24, 2.45) is 0 Å². The molecule has 1 aromatic carbocycles. The molecule has 0 radical (unpaired) electrons. The van der Waals surface area contributed by atoms with Gasteiger partial charge in [-0.05, 0) is 49.9 Å². The number of amides is 1. The number of carbonyl (C=O) groups is 1. The third-order valence-electron chi connectivity index (χ3n) is 5.73. The highest BCUT2D eigenvalue weighted by atomic mass is 32.1. The van der Waals surface area contributed by atoms with Crippen LogP contribution in [0, 0.1) is 0 Å². The third kappa shape index (κ3) is 3.50. The van der Waals surface area contributed by atoms with Crippen LogP contribution in [0.5, 0.6) is 5.75 Å². The summed E-state index contributed by atoms with van der Waals surface area (Å²) in [4.78, 5) is 20.2. The molecule has 2 fully saturated rings. The Morgan fingerprint density at radius 3 is 2.15 bits per heavy atom. The molecule has 0 N–H and O–H groups in total. The maximum absolute atomic E-state index is 13.3. The van der Waals surface area contributed by atoms with E-state index in [4.69, 9.17) is 4.74 Å². The van der Waals surface area contributed by atoms with E-state index in [1.807, 2.05) is 29.6 Å². The Balaban J connectivity index is 1.56. The fraction of sp³-hybridized carbons (Fsp3) is 0.524. The number of thiazole rings is 1. The molecule has 0 bridgehead atoms. The van der Waals surface area contributed by atoms with Gasteiger partial charge < -0.3 is 9.64 Å². The average Bonchev–Trinajstić information content (AvgIpc) is 3.44. The van der Waals surface area contributed by atoms with E-state index in [-0.39, 0.29) is 5.91 Å². The van der Waals surface area contributed by atoms with Gasteiger partial charge in [0.1, 0.15) is 16.5 Å². The number of benzene rings is 1. The third-order valence-corrected chi connectivity index (χ3v) is 6.62. The Kier molecular flexibility index (Phi) is 5.25. The van der Waals surface area contributed by atoms with Crippen LogP contribution in [-0.4, -0.2) is 35.0 Å². The van der Waals surface area contributed by atoms with Gasteiger partial charge in [-0.25, -0.2) is 4.98 Å². The molecule has 4 rings (SSSR count). The van der Waals surface area contributed by atoms with Gasteiger partial charge in [-0.1, -0.05) is 25.7 Å². The Hall–Kier alpha value is -1.88. The summed E-state index contributed by atoms with van der Waals surface area (Å²) in [7, 11) is 1.66. The Morgan fingerprint density at radius 2 is 1.62 bits per heavy atom. The molecule has 2 aliphatic rings. The molecular formula is C21H26N2O2S. The zero-order valence-corrected chi connectivity index (χ0v) is 16.1. The lowest BCUT2D eigenvalue weighted by atomic mass is 10.1. The number of hydrogen-bond donors (Lipinski definition) is 0. The number of carbonyl (C=O) groups excluding carboxylic acids is 1. The Bertz CT molecular complexity index is 728. The van der Waals surface area contributed by atoms with E-state index in [0.717, 1.165) is 42.0 Å². The second-order valence-corrected chi connectivity index (χ2v) is 8.21. The zero-order chi connectivity index (χ0) is 17.9. The van der Waals surface area contributed by atoms with E-state index in [0.29, 0.717) is 17.8 Å². The molecule has 26 heavy (non-hydrogen) atoms. The first-order chi connectivity index (χ1) is 12.8. The zero-order valence-electron chi connectivity index (χ0n) is 15.3. The van der Waals surface area contributed by atoms with E-state index in [1.165, 1.54) is 25.7 Å². The Labute approximate surface area is 159 Å². The number of ether oxygens (including phenoxy) is 1.